The van der Waals surface area contributed by atoms with E-state index in [2.05, 4.69) is 19.9 Å². The van der Waals surface area contributed by atoms with Gasteiger partial charge < -0.3 is 9.97 Å². The number of aromatic nitrogens is 4. The van der Waals surface area contributed by atoms with E-state index in [1.54, 1.807) is 0 Å². The molecule has 4 nitrogen and oxygen atoms in total. The fraction of sp³-hybridized carbons (Fsp3) is 0. The minimum atomic E-state index is 0.640. The first-order chi connectivity index (χ1) is 10.7. The summed E-state index contributed by atoms with van der Waals surface area (Å²) in [5, 5.41) is 2.83. The van der Waals surface area contributed by atoms with Crippen LogP contribution < -0.4 is 0 Å². The quantitative estimate of drug-likeness (QED) is 0.467. The Morgan fingerprint density at radius 3 is 1.59 bits per heavy atom. The number of imidazole rings is 2. The summed E-state index contributed by atoms with van der Waals surface area (Å²) in [4.78, 5) is 15.4. The predicted octanol–water partition coefficient (Wildman–Crippen LogP) is 5.55. The van der Waals surface area contributed by atoms with E-state index in [-0.39, 0.29) is 0 Å². The van der Waals surface area contributed by atoms with Gasteiger partial charge in [0.15, 0.2) is 10.3 Å². The Morgan fingerprint density at radius 1 is 0.727 bits per heavy atom. The fourth-order valence-electron chi connectivity index (χ4n) is 2.11. The standard InChI is InChI=1S/C14H8Cl2N4S2/c15-7-3-1-5-9-11(7)19-13(17-9)21-22-14-18-10-6-2-4-8(16)12(10)20-14/h1-6H,(H,17,19)(H,18,20). The van der Waals surface area contributed by atoms with Crippen LogP contribution in [0.1, 0.15) is 0 Å². The van der Waals surface area contributed by atoms with E-state index in [4.69, 9.17) is 23.2 Å². The predicted molar refractivity (Wildman–Crippen MR) is 93.9 cm³/mol. The maximum atomic E-state index is 6.13. The summed E-state index contributed by atoms with van der Waals surface area (Å²) in [6, 6.07) is 11.3. The van der Waals surface area contributed by atoms with Crippen LogP contribution in [-0.4, -0.2) is 19.9 Å². The van der Waals surface area contributed by atoms with E-state index >= 15 is 0 Å². The molecule has 0 amide bonds. The highest BCUT2D eigenvalue weighted by molar-refractivity contribution is 8.76. The third kappa shape index (κ3) is 2.56. The molecule has 0 saturated carbocycles. The number of hydrogen-bond acceptors (Lipinski definition) is 4. The first-order valence-corrected chi connectivity index (χ1v) is 9.24. The molecule has 0 spiro atoms. The molecule has 4 rings (SSSR count). The summed E-state index contributed by atoms with van der Waals surface area (Å²) in [6.45, 7) is 0. The van der Waals surface area contributed by atoms with Gasteiger partial charge >= 0.3 is 0 Å². The van der Waals surface area contributed by atoms with Gasteiger partial charge in [0.05, 0.1) is 21.1 Å². The van der Waals surface area contributed by atoms with Crippen molar-refractivity contribution in [3.05, 3.63) is 46.4 Å². The van der Waals surface area contributed by atoms with Gasteiger partial charge in [0.1, 0.15) is 11.0 Å². The number of H-pyrrole nitrogens is 2. The maximum Gasteiger partial charge on any atom is 0.177 e. The van der Waals surface area contributed by atoms with Crippen molar-refractivity contribution in [2.75, 3.05) is 0 Å². The molecule has 0 bridgehead atoms. The molecule has 0 aliphatic rings. The van der Waals surface area contributed by atoms with Crippen LogP contribution in [0.5, 0.6) is 0 Å². The molecule has 0 fully saturated rings. The molecule has 110 valence electrons. The van der Waals surface area contributed by atoms with E-state index in [9.17, 15) is 0 Å². The molecule has 0 unspecified atom stereocenters. The first-order valence-electron chi connectivity index (χ1n) is 6.34. The van der Waals surface area contributed by atoms with Crippen LogP contribution in [0.4, 0.5) is 0 Å². The Kier molecular flexibility index (Phi) is 3.69. The molecule has 4 aromatic rings. The molecule has 22 heavy (non-hydrogen) atoms. The van der Waals surface area contributed by atoms with Gasteiger partial charge in [0, 0.05) is 0 Å². The fourth-order valence-corrected chi connectivity index (χ4v) is 4.21. The van der Waals surface area contributed by atoms with E-state index < -0.39 is 0 Å². The average Bonchev–Trinajstić information content (AvgIpc) is 3.10. The molecule has 0 saturated heterocycles. The van der Waals surface area contributed by atoms with E-state index in [0.29, 0.717) is 10.0 Å². The van der Waals surface area contributed by atoms with Gasteiger partial charge in [0.2, 0.25) is 0 Å². The van der Waals surface area contributed by atoms with Crippen LogP contribution in [0, 0.1) is 0 Å². The van der Waals surface area contributed by atoms with Gasteiger partial charge in [-0.3, -0.25) is 0 Å². The van der Waals surface area contributed by atoms with Crippen molar-refractivity contribution in [2.45, 2.75) is 10.3 Å². The lowest BCUT2D eigenvalue weighted by Gasteiger charge is -1.91. The smallest absolute Gasteiger partial charge is 0.177 e. The third-order valence-corrected chi connectivity index (χ3v) is 5.68. The van der Waals surface area contributed by atoms with Gasteiger partial charge in [-0.05, 0) is 45.9 Å². The average molecular weight is 367 g/mol. The molecule has 2 aromatic carbocycles. The summed E-state index contributed by atoms with van der Waals surface area (Å²) in [6.07, 6.45) is 0. The maximum absolute atomic E-state index is 6.13. The Balaban J connectivity index is 1.60. The minimum absolute atomic E-state index is 0.640. The number of hydrogen-bond donors (Lipinski definition) is 2. The number of para-hydroxylation sites is 2. The van der Waals surface area contributed by atoms with Crippen molar-refractivity contribution in [3.8, 4) is 0 Å². The minimum Gasteiger partial charge on any atom is -0.332 e. The third-order valence-electron chi connectivity index (χ3n) is 3.08. The SMILES string of the molecule is Clc1cccc2[nH]c(SSc3nc4c(Cl)cccc4[nH]3)nc12. The highest BCUT2D eigenvalue weighted by atomic mass is 35.5. The second-order valence-corrected chi connectivity index (χ2v) is 7.44. The zero-order valence-electron chi connectivity index (χ0n) is 10.9. The number of rotatable bonds is 3. The van der Waals surface area contributed by atoms with Crippen molar-refractivity contribution in [2.24, 2.45) is 0 Å². The summed E-state index contributed by atoms with van der Waals surface area (Å²) in [5.41, 5.74) is 3.39. The number of nitrogens with one attached hydrogen (secondary N) is 2. The van der Waals surface area contributed by atoms with Gasteiger partial charge in [-0.15, -0.1) is 0 Å². The van der Waals surface area contributed by atoms with Crippen molar-refractivity contribution >= 4 is 66.9 Å². The molecule has 0 atom stereocenters. The monoisotopic (exact) mass is 366 g/mol. The van der Waals surface area contributed by atoms with Gasteiger partial charge in [-0.25, -0.2) is 9.97 Å². The zero-order valence-corrected chi connectivity index (χ0v) is 14.1. The molecule has 0 radical (unpaired) electrons. The highest BCUT2D eigenvalue weighted by Gasteiger charge is 2.10. The number of halogens is 2. The Labute approximate surface area is 143 Å². The molecule has 0 aliphatic heterocycles. The van der Waals surface area contributed by atoms with Crippen LogP contribution in [0.2, 0.25) is 10.0 Å². The largest absolute Gasteiger partial charge is 0.332 e. The highest BCUT2D eigenvalue weighted by Crippen LogP contribution is 2.37. The van der Waals surface area contributed by atoms with Crippen molar-refractivity contribution in [1.29, 1.82) is 0 Å². The van der Waals surface area contributed by atoms with Gasteiger partial charge in [-0.1, -0.05) is 35.3 Å². The number of aromatic amines is 2. The molecule has 2 heterocycles. The van der Waals surface area contributed by atoms with Crippen molar-refractivity contribution in [3.63, 3.8) is 0 Å². The summed E-state index contributed by atoms with van der Waals surface area (Å²) in [5.74, 6) is 0. The van der Waals surface area contributed by atoms with Crippen molar-refractivity contribution in [1.82, 2.24) is 19.9 Å². The van der Waals surface area contributed by atoms with Crippen LogP contribution in [0.3, 0.4) is 0 Å². The second-order valence-electron chi connectivity index (χ2n) is 4.52. The molecular formula is C14H8Cl2N4S2. The van der Waals surface area contributed by atoms with Crippen LogP contribution in [-0.2, 0) is 0 Å². The number of fused-ring (bicyclic) bond motifs is 2. The number of benzene rings is 2. The first kappa shape index (κ1) is 14.3. The van der Waals surface area contributed by atoms with Crippen LogP contribution in [0.15, 0.2) is 46.7 Å². The normalized spacial score (nSPS) is 11.5. The Bertz CT molecular complexity index is 899. The summed E-state index contributed by atoms with van der Waals surface area (Å²) >= 11 is 12.3. The van der Waals surface area contributed by atoms with E-state index in [1.807, 2.05) is 36.4 Å². The lowest BCUT2D eigenvalue weighted by Crippen LogP contribution is -1.73. The van der Waals surface area contributed by atoms with E-state index in [1.165, 1.54) is 21.6 Å². The van der Waals surface area contributed by atoms with Crippen LogP contribution in [0.25, 0.3) is 22.1 Å². The molecular weight excluding hydrogens is 359 g/mol. The van der Waals surface area contributed by atoms with Crippen LogP contribution >= 0.6 is 44.8 Å². The number of nitrogens with zero attached hydrogens (tertiary/aromatic N) is 2. The Morgan fingerprint density at radius 2 is 1.18 bits per heavy atom. The molecule has 0 aliphatic carbocycles. The van der Waals surface area contributed by atoms with Gasteiger partial charge in [0.25, 0.3) is 0 Å². The van der Waals surface area contributed by atoms with E-state index in [0.717, 1.165) is 32.4 Å². The molecule has 8 heteroatoms. The lowest BCUT2D eigenvalue weighted by atomic mass is 10.3. The Hall–Kier alpha value is -1.34. The van der Waals surface area contributed by atoms with Gasteiger partial charge in [-0.2, -0.15) is 0 Å². The van der Waals surface area contributed by atoms with Crippen molar-refractivity contribution < 1.29 is 0 Å². The lowest BCUT2D eigenvalue weighted by molar-refractivity contribution is 1.08. The zero-order chi connectivity index (χ0) is 15.1. The second kappa shape index (κ2) is 5.70. The molecule has 2 aromatic heterocycles. The molecule has 2 N–H and O–H groups in total. The summed E-state index contributed by atoms with van der Waals surface area (Å²) < 4.78 is 0. The summed E-state index contributed by atoms with van der Waals surface area (Å²) in [7, 11) is 2.97. The topological polar surface area (TPSA) is 57.4 Å².